The fourth-order valence-corrected chi connectivity index (χ4v) is 3.47. The Bertz CT molecular complexity index is 226. The van der Waals surface area contributed by atoms with Gasteiger partial charge in [0.05, 0.1) is 6.10 Å². The molecule has 0 bridgehead atoms. The van der Waals surface area contributed by atoms with Crippen LogP contribution in [0.15, 0.2) is 0 Å². The minimum absolute atomic E-state index is 0.370. The molecular formula is C21H42O2. The van der Waals surface area contributed by atoms with Crippen LogP contribution in [-0.2, 0) is 4.74 Å². The van der Waals surface area contributed by atoms with Gasteiger partial charge in [0.15, 0.2) is 0 Å². The molecule has 1 rings (SSSR count). The third-order valence-electron chi connectivity index (χ3n) is 5.23. The molecule has 1 aliphatic rings. The smallest absolute Gasteiger partial charge is 0.0597 e. The van der Waals surface area contributed by atoms with Gasteiger partial charge in [-0.2, -0.15) is 0 Å². The molecule has 0 aromatic rings. The summed E-state index contributed by atoms with van der Waals surface area (Å²) < 4.78 is 5.45. The molecule has 0 radical (unpaired) electrons. The fraction of sp³-hybridized carbons (Fsp3) is 1.00. The lowest BCUT2D eigenvalue weighted by Crippen LogP contribution is -2.26. The quantitative estimate of drug-likeness (QED) is 0.295. The van der Waals surface area contributed by atoms with E-state index >= 15 is 0 Å². The Hall–Kier alpha value is -0.0800. The minimum atomic E-state index is 0.370. The second-order valence-corrected chi connectivity index (χ2v) is 7.45. The lowest BCUT2D eigenvalue weighted by atomic mass is 10.0. The van der Waals surface area contributed by atoms with Gasteiger partial charge in [0, 0.05) is 13.2 Å². The SMILES string of the molecule is OCCCCCCCCCCCCCCCCCCC1CCO1. The summed E-state index contributed by atoms with van der Waals surface area (Å²) in [6.07, 6.45) is 25.3. The number of hydrogen-bond acceptors (Lipinski definition) is 2. The van der Waals surface area contributed by atoms with Crippen LogP contribution in [-0.4, -0.2) is 24.4 Å². The van der Waals surface area contributed by atoms with E-state index in [9.17, 15) is 0 Å². The first-order valence-electron chi connectivity index (χ1n) is 10.7. The van der Waals surface area contributed by atoms with Gasteiger partial charge in [0.1, 0.15) is 0 Å². The lowest BCUT2D eigenvalue weighted by Gasteiger charge is -2.26. The van der Waals surface area contributed by atoms with Crippen molar-refractivity contribution < 1.29 is 9.84 Å². The third kappa shape index (κ3) is 14.0. The Balaban J connectivity index is 1.61. The van der Waals surface area contributed by atoms with Gasteiger partial charge in [-0.1, -0.05) is 96.3 Å². The monoisotopic (exact) mass is 326 g/mol. The van der Waals surface area contributed by atoms with E-state index in [0.29, 0.717) is 12.7 Å². The molecule has 2 heteroatoms. The zero-order chi connectivity index (χ0) is 16.4. The van der Waals surface area contributed by atoms with Crippen molar-refractivity contribution in [1.29, 1.82) is 0 Å². The zero-order valence-electron chi connectivity index (χ0n) is 15.6. The Labute approximate surface area is 145 Å². The van der Waals surface area contributed by atoms with Gasteiger partial charge in [0.2, 0.25) is 0 Å². The number of unbranched alkanes of at least 4 members (excludes halogenated alkanes) is 15. The second-order valence-electron chi connectivity index (χ2n) is 7.45. The summed E-state index contributed by atoms with van der Waals surface area (Å²) in [5, 5.41) is 8.71. The van der Waals surface area contributed by atoms with Gasteiger partial charge >= 0.3 is 0 Å². The van der Waals surface area contributed by atoms with E-state index in [0.717, 1.165) is 13.0 Å². The molecule has 1 aliphatic heterocycles. The highest BCUT2D eigenvalue weighted by Gasteiger charge is 2.16. The summed E-state index contributed by atoms with van der Waals surface area (Å²) in [4.78, 5) is 0. The molecular weight excluding hydrogens is 284 g/mol. The van der Waals surface area contributed by atoms with E-state index in [4.69, 9.17) is 9.84 Å². The average Bonchev–Trinajstić information content (AvgIpc) is 2.52. The van der Waals surface area contributed by atoms with Crippen LogP contribution in [0, 0.1) is 0 Å². The van der Waals surface area contributed by atoms with Crippen molar-refractivity contribution in [2.75, 3.05) is 13.2 Å². The number of hydrogen-bond donors (Lipinski definition) is 1. The molecule has 0 aliphatic carbocycles. The lowest BCUT2D eigenvalue weighted by molar-refractivity contribution is -0.0555. The normalized spacial score (nSPS) is 17.3. The first-order chi connectivity index (χ1) is 11.4. The van der Waals surface area contributed by atoms with Crippen LogP contribution in [0.2, 0.25) is 0 Å². The van der Waals surface area contributed by atoms with Crippen LogP contribution in [0.4, 0.5) is 0 Å². The molecule has 1 fully saturated rings. The van der Waals surface area contributed by atoms with E-state index < -0.39 is 0 Å². The van der Waals surface area contributed by atoms with Gasteiger partial charge in [-0.25, -0.2) is 0 Å². The van der Waals surface area contributed by atoms with Gasteiger partial charge in [-0.15, -0.1) is 0 Å². The van der Waals surface area contributed by atoms with Crippen molar-refractivity contribution in [3.63, 3.8) is 0 Å². The zero-order valence-corrected chi connectivity index (χ0v) is 15.6. The number of ether oxygens (including phenoxy) is 1. The highest BCUT2D eigenvalue weighted by Crippen LogP contribution is 2.19. The molecule has 0 saturated carbocycles. The second kappa shape index (κ2) is 16.8. The van der Waals surface area contributed by atoms with E-state index in [1.54, 1.807) is 0 Å². The first kappa shape index (κ1) is 21.0. The number of rotatable bonds is 18. The van der Waals surface area contributed by atoms with E-state index in [1.807, 2.05) is 0 Å². The molecule has 0 amide bonds. The van der Waals surface area contributed by atoms with Crippen molar-refractivity contribution in [3.05, 3.63) is 0 Å². The van der Waals surface area contributed by atoms with Crippen LogP contribution in [0.1, 0.15) is 116 Å². The maximum Gasteiger partial charge on any atom is 0.0597 e. The maximum atomic E-state index is 8.71. The summed E-state index contributed by atoms with van der Waals surface area (Å²) in [5.41, 5.74) is 0. The van der Waals surface area contributed by atoms with Crippen LogP contribution in [0.3, 0.4) is 0 Å². The summed E-state index contributed by atoms with van der Waals surface area (Å²) in [6, 6.07) is 0. The predicted octanol–water partition coefficient (Wildman–Crippen LogP) is 6.40. The number of aliphatic hydroxyl groups is 1. The summed E-state index contributed by atoms with van der Waals surface area (Å²) in [7, 11) is 0. The van der Waals surface area contributed by atoms with E-state index in [-0.39, 0.29) is 0 Å². The van der Waals surface area contributed by atoms with Crippen molar-refractivity contribution in [2.45, 2.75) is 122 Å². The van der Waals surface area contributed by atoms with Crippen molar-refractivity contribution in [3.8, 4) is 0 Å². The standard InChI is InChI=1S/C21H42O2/c22-19-16-14-12-10-8-6-4-2-1-3-5-7-9-11-13-15-17-21-18-20-23-21/h21-22H,1-20H2. The molecule has 1 unspecified atom stereocenters. The molecule has 1 atom stereocenters. The summed E-state index contributed by atoms with van der Waals surface area (Å²) in [5.74, 6) is 0. The van der Waals surface area contributed by atoms with Gasteiger partial charge in [-0.3, -0.25) is 0 Å². The Morgan fingerprint density at radius 3 is 1.22 bits per heavy atom. The number of aliphatic hydroxyl groups excluding tert-OH is 1. The van der Waals surface area contributed by atoms with Crippen molar-refractivity contribution >= 4 is 0 Å². The fourth-order valence-electron chi connectivity index (χ4n) is 3.47. The summed E-state index contributed by atoms with van der Waals surface area (Å²) in [6.45, 7) is 1.38. The van der Waals surface area contributed by atoms with Gasteiger partial charge < -0.3 is 9.84 Å². The molecule has 0 spiro atoms. The average molecular weight is 327 g/mol. The molecule has 1 saturated heterocycles. The first-order valence-corrected chi connectivity index (χ1v) is 10.7. The minimum Gasteiger partial charge on any atom is -0.396 e. The molecule has 0 aromatic heterocycles. The molecule has 1 heterocycles. The Kier molecular flexibility index (Phi) is 15.3. The van der Waals surface area contributed by atoms with Crippen molar-refractivity contribution in [1.82, 2.24) is 0 Å². The molecule has 138 valence electrons. The maximum absolute atomic E-state index is 8.71. The molecule has 1 N–H and O–H groups in total. The Morgan fingerprint density at radius 1 is 0.565 bits per heavy atom. The predicted molar refractivity (Wildman–Crippen MR) is 99.9 cm³/mol. The highest BCUT2D eigenvalue weighted by molar-refractivity contribution is 4.65. The van der Waals surface area contributed by atoms with E-state index in [1.165, 1.54) is 109 Å². The van der Waals surface area contributed by atoms with E-state index in [2.05, 4.69) is 0 Å². The third-order valence-corrected chi connectivity index (χ3v) is 5.23. The van der Waals surface area contributed by atoms with Crippen molar-refractivity contribution in [2.24, 2.45) is 0 Å². The Morgan fingerprint density at radius 2 is 0.913 bits per heavy atom. The highest BCUT2D eigenvalue weighted by atomic mass is 16.5. The molecule has 23 heavy (non-hydrogen) atoms. The van der Waals surface area contributed by atoms with Crippen LogP contribution < -0.4 is 0 Å². The van der Waals surface area contributed by atoms with Crippen LogP contribution >= 0.6 is 0 Å². The van der Waals surface area contributed by atoms with Crippen LogP contribution in [0.5, 0.6) is 0 Å². The molecule has 2 nitrogen and oxygen atoms in total. The molecule has 0 aromatic carbocycles. The van der Waals surface area contributed by atoms with Crippen LogP contribution in [0.25, 0.3) is 0 Å². The summed E-state index contributed by atoms with van der Waals surface area (Å²) >= 11 is 0. The van der Waals surface area contributed by atoms with Gasteiger partial charge in [0.25, 0.3) is 0 Å². The topological polar surface area (TPSA) is 29.5 Å². The largest absolute Gasteiger partial charge is 0.396 e. The van der Waals surface area contributed by atoms with Gasteiger partial charge in [-0.05, 0) is 19.3 Å².